The van der Waals surface area contributed by atoms with Gasteiger partial charge in [0, 0.05) is 43.7 Å². The van der Waals surface area contributed by atoms with E-state index in [-0.39, 0.29) is 5.91 Å². The van der Waals surface area contributed by atoms with E-state index in [1.807, 2.05) is 24.3 Å². The number of hydrogen-bond donors (Lipinski definition) is 1. The largest absolute Gasteiger partial charge is 0.348 e. The van der Waals surface area contributed by atoms with Crippen molar-refractivity contribution in [2.75, 3.05) is 32.7 Å². The van der Waals surface area contributed by atoms with Crippen LogP contribution in [0.1, 0.15) is 28.4 Å². The Bertz CT molecular complexity index is 724. The maximum absolute atomic E-state index is 12.3. The summed E-state index contributed by atoms with van der Waals surface area (Å²) >= 11 is 3.42. The second-order valence-electron chi connectivity index (χ2n) is 6.69. The number of halogens is 1. The van der Waals surface area contributed by atoms with Gasteiger partial charge < -0.3 is 10.2 Å². The van der Waals surface area contributed by atoms with Crippen LogP contribution in [-0.2, 0) is 13.1 Å². The molecule has 0 aliphatic carbocycles. The monoisotopic (exact) mass is 415 g/mol. The normalized spacial score (nSPS) is 15.8. The summed E-state index contributed by atoms with van der Waals surface area (Å²) in [6.45, 7) is 9.51. The first-order chi connectivity index (χ1) is 12.7. The molecule has 0 bridgehead atoms. The molecular formula is C21H26BrN3O. The molecule has 0 spiro atoms. The molecule has 5 heteroatoms. The van der Waals surface area contributed by atoms with Crippen LogP contribution in [0.4, 0.5) is 0 Å². The van der Waals surface area contributed by atoms with E-state index in [1.165, 1.54) is 5.56 Å². The Hall–Kier alpha value is -1.69. The van der Waals surface area contributed by atoms with Crippen LogP contribution in [0.3, 0.4) is 0 Å². The van der Waals surface area contributed by atoms with Gasteiger partial charge in [-0.3, -0.25) is 9.69 Å². The van der Waals surface area contributed by atoms with Crippen molar-refractivity contribution >= 4 is 21.8 Å². The van der Waals surface area contributed by atoms with Crippen LogP contribution in [0.25, 0.3) is 0 Å². The van der Waals surface area contributed by atoms with Crippen LogP contribution in [0.15, 0.2) is 53.0 Å². The van der Waals surface area contributed by atoms with Crippen molar-refractivity contribution in [2.24, 2.45) is 0 Å². The van der Waals surface area contributed by atoms with Gasteiger partial charge in [0.2, 0.25) is 0 Å². The third-order valence-corrected chi connectivity index (χ3v) is 5.60. The molecule has 0 saturated carbocycles. The van der Waals surface area contributed by atoms with Crippen LogP contribution in [0, 0.1) is 0 Å². The highest BCUT2D eigenvalue weighted by atomic mass is 79.9. The fraction of sp³-hybridized carbons (Fsp3) is 0.381. The summed E-state index contributed by atoms with van der Waals surface area (Å²) in [5, 5.41) is 2.98. The van der Waals surface area contributed by atoms with E-state index in [4.69, 9.17) is 0 Å². The van der Waals surface area contributed by atoms with Gasteiger partial charge in [-0.25, -0.2) is 0 Å². The standard InChI is InChI=1S/C21H26BrN3O/c1-2-24-11-13-25(14-12-24)16-18-9-7-17(8-10-18)15-23-21(26)19-5-3-4-6-20(19)22/h3-10H,2,11-16H2,1H3,(H,23,26). The highest BCUT2D eigenvalue weighted by molar-refractivity contribution is 9.10. The van der Waals surface area contributed by atoms with Crippen molar-refractivity contribution in [3.05, 3.63) is 69.7 Å². The molecule has 1 fully saturated rings. The Morgan fingerprint density at radius 2 is 1.58 bits per heavy atom. The molecule has 2 aromatic carbocycles. The highest BCUT2D eigenvalue weighted by Gasteiger charge is 2.15. The van der Waals surface area contributed by atoms with Gasteiger partial charge in [0.15, 0.2) is 0 Å². The van der Waals surface area contributed by atoms with Crippen molar-refractivity contribution in [3.63, 3.8) is 0 Å². The van der Waals surface area contributed by atoms with Gasteiger partial charge in [0.25, 0.3) is 5.91 Å². The molecule has 1 amide bonds. The maximum Gasteiger partial charge on any atom is 0.252 e. The number of carbonyl (C=O) groups is 1. The third-order valence-electron chi connectivity index (χ3n) is 4.91. The molecule has 0 radical (unpaired) electrons. The zero-order valence-corrected chi connectivity index (χ0v) is 16.8. The van der Waals surface area contributed by atoms with E-state index in [9.17, 15) is 4.79 Å². The van der Waals surface area contributed by atoms with Gasteiger partial charge in [-0.2, -0.15) is 0 Å². The lowest BCUT2D eigenvalue weighted by Crippen LogP contribution is -2.45. The number of nitrogens with one attached hydrogen (secondary N) is 1. The Morgan fingerprint density at radius 1 is 0.962 bits per heavy atom. The van der Waals surface area contributed by atoms with Gasteiger partial charge in [-0.15, -0.1) is 0 Å². The molecule has 1 aliphatic rings. The number of likely N-dealkylation sites (N-methyl/N-ethyl adjacent to an activating group) is 1. The van der Waals surface area contributed by atoms with E-state index in [0.29, 0.717) is 12.1 Å². The van der Waals surface area contributed by atoms with Crippen LogP contribution in [0.2, 0.25) is 0 Å². The zero-order chi connectivity index (χ0) is 18.4. The first-order valence-electron chi connectivity index (χ1n) is 9.21. The highest BCUT2D eigenvalue weighted by Crippen LogP contribution is 2.16. The molecule has 1 saturated heterocycles. The molecule has 26 heavy (non-hydrogen) atoms. The number of rotatable bonds is 6. The number of nitrogens with zero attached hydrogens (tertiary/aromatic N) is 2. The number of benzene rings is 2. The lowest BCUT2D eigenvalue weighted by atomic mass is 10.1. The predicted octanol–water partition coefficient (Wildman–Crippen LogP) is 3.52. The molecule has 3 rings (SSSR count). The SMILES string of the molecule is CCN1CCN(Cc2ccc(CNC(=O)c3ccccc3Br)cc2)CC1. The fourth-order valence-corrected chi connectivity index (χ4v) is 3.67. The Labute approximate surface area is 164 Å². The maximum atomic E-state index is 12.3. The lowest BCUT2D eigenvalue weighted by molar-refractivity contribution is 0.0950. The quantitative estimate of drug-likeness (QED) is 0.783. The van der Waals surface area contributed by atoms with Gasteiger partial charge in [0.05, 0.1) is 5.56 Å². The first-order valence-corrected chi connectivity index (χ1v) is 10.00. The Balaban J connectivity index is 1.49. The smallest absolute Gasteiger partial charge is 0.252 e. The Morgan fingerprint density at radius 3 is 2.23 bits per heavy atom. The molecule has 4 nitrogen and oxygen atoms in total. The minimum Gasteiger partial charge on any atom is -0.348 e. The van der Waals surface area contributed by atoms with E-state index in [1.54, 1.807) is 0 Å². The van der Waals surface area contributed by atoms with Crippen molar-refractivity contribution < 1.29 is 4.79 Å². The summed E-state index contributed by atoms with van der Waals surface area (Å²) in [4.78, 5) is 17.3. The molecule has 1 heterocycles. The molecule has 0 aromatic heterocycles. The van der Waals surface area contributed by atoms with Crippen LogP contribution >= 0.6 is 15.9 Å². The van der Waals surface area contributed by atoms with E-state index in [0.717, 1.165) is 49.3 Å². The van der Waals surface area contributed by atoms with E-state index >= 15 is 0 Å². The summed E-state index contributed by atoms with van der Waals surface area (Å²) < 4.78 is 0.816. The average molecular weight is 416 g/mol. The second-order valence-corrected chi connectivity index (χ2v) is 7.54. The molecule has 2 aromatic rings. The minimum atomic E-state index is -0.0599. The van der Waals surface area contributed by atoms with Gasteiger partial charge in [0.1, 0.15) is 0 Å². The average Bonchev–Trinajstić information content (AvgIpc) is 2.68. The number of amides is 1. The van der Waals surface area contributed by atoms with E-state index in [2.05, 4.69) is 62.2 Å². The topological polar surface area (TPSA) is 35.6 Å². The van der Waals surface area contributed by atoms with Crippen LogP contribution in [0.5, 0.6) is 0 Å². The Kier molecular flexibility index (Phi) is 6.83. The number of carbonyl (C=O) groups excluding carboxylic acids is 1. The molecule has 1 aliphatic heterocycles. The van der Waals surface area contributed by atoms with Crippen LogP contribution < -0.4 is 5.32 Å². The van der Waals surface area contributed by atoms with Crippen molar-refractivity contribution in [1.82, 2.24) is 15.1 Å². The van der Waals surface area contributed by atoms with Crippen molar-refractivity contribution in [3.8, 4) is 0 Å². The molecule has 0 unspecified atom stereocenters. The van der Waals surface area contributed by atoms with Gasteiger partial charge in [-0.1, -0.05) is 43.3 Å². The summed E-state index contributed by atoms with van der Waals surface area (Å²) in [7, 11) is 0. The third kappa shape index (κ3) is 5.16. The minimum absolute atomic E-state index is 0.0599. The van der Waals surface area contributed by atoms with Crippen molar-refractivity contribution in [1.29, 1.82) is 0 Å². The molecule has 0 atom stereocenters. The summed E-state index contributed by atoms with van der Waals surface area (Å²) in [5.74, 6) is -0.0599. The summed E-state index contributed by atoms with van der Waals surface area (Å²) in [6, 6.07) is 16.0. The predicted molar refractivity (Wildman–Crippen MR) is 109 cm³/mol. The van der Waals surface area contributed by atoms with Crippen LogP contribution in [-0.4, -0.2) is 48.4 Å². The second kappa shape index (κ2) is 9.31. The molecule has 1 N–H and O–H groups in total. The lowest BCUT2D eigenvalue weighted by Gasteiger charge is -2.34. The molecular weight excluding hydrogens is 390 g/mol. The van der Waals surface area contributed by atoms with Gasteiger partial charge >= 0.3 is 0 Å². The van der Waals surface area contributed by atoms with Gasteiger partial charge in [-0.05, 0) is 45.7 Å². The van der Waals surface area contributed by atoms with Crippen molar-refractivity contribution in [2.45, 2.75) is 20.0 Å². The first kappa shape index (κ1) is 19.1. The summed E-state index contributed by atoms with van der Waals surface area (Å²) in [5.41, 5.74) is 3.11. The van der Waals surface area contributed by atoms with E-state index < -0.39 is 0 Å². The molecule has 138 valence electrons. The summed E-state index contributed by atoms with van der Waals surface area (Å²) in [6.07, 6.45) is 0. The fourth-order valence-electron chi connectivity index (χ4n) is 3.21. The zero-order valence-electron chi connectivity index (χ0n) is 15.2. The number of piperazine rings is 1. The number of hydrogen-bond acceptors (Lipinski definition) is 3.